The quantitative estimate of drug-likeness (QED) is 0.486. The van der Waals surface area contributed by atoms with Gasteiger partial charge in [0.05, 0.1) is 7.11 Å². The molecule has 2 N–H and O–H groups in total. The molecule has 1 amide bonds. The lowest BCUT2D eigenvalue weighted by molar-refractivity contribution is 0.0664. The third-order valence-electron chi connectivity index (χ3n) is 5.65. The Hall–Kier alpha value is -3.61. The van der Waals surface area contributed by atoms with E-state index < -0.39 is 12.1 Å². The number of nitrogens with one attached hydrogen (secondary N) is 2. The highest BCUT2D eigenvalue weighted by Crippen LogP contribution is 2.37. The molecule has 0 spiro atoms. The first kappa shape index (κ1) is 25.0. The van der Waals surface area contributed by atoms with Crippen molar-refractivity contribution in [2.24, 2.45) is 0 Å². The minimum atomic E-state index is -0.784. The Labute approximate surface area is 199 Å². The molecule has 3 rings (SSSR count). The summed E-state index contributed by atoms with van der Waals surface area (Å²) in [7, 11) is 1.25. The molecule has 0 bridgehead atoms. The monoisotopic (exact) mass is 464 g/mol. The molecule has 0 aliphatic carbocycles. The normalized spacial score (nSPS) is 11.9. The standard InChI is InChI=1S/C27H32N2O5/c1-26(2,3)19-13-20(27(4,5)6)22(12-16(19)15-34-25(32)33-7)29-24(31)18-14-28-21-11-9-8-10-17(21)23(18)30/h8-14H,15H2,1-7H3,(H,28,30)(H,29,31). The second-order valence-electron chi connectivity index (χ2n) is 10.3. The molecule has 0 aliphatic rings. The van der Waals surface area contributed by atoms with Crippen molar-refractivity contribution in [3.05, 3.63) is 75.1 Å². The number of ether oxygens (including phenoxy) is 2. The Morgan fingerprint density at radius 2 is 1.62 bits per heavy atom. The van der Waals surface area contributed by atoms with Gasteiger partial charge in [0, 0.05) is 22.8 Å². The molecule has 0 saturated carbocycles. The molecule has 34 heavy (non-hydrogen) atoms. The van der Waals surface area contributed by atoms with Gasteiger partial charge < -0.3 is 19.8 Å². The number of carbonyl (C=O) groups excluding carboxylic acids is 2. The van der Waals surface area contributed by atoms with Crippen molar-refractivity contribution in [3.63, 3.8) is 0 Å². The Bertz CT molecular complexity index is 1290. The fraction of sp³-hybridized carbons (Fsp3) is 0.370. The minimum Gasteiger partial charge on any atom is -0.438 e. The molecule has 1 aromatic heterocycles. The van der Waals surface area contributed by atoms with Crippen molar-refractivity contribution < 1.29 is 19.1 Å². The van der Waals surface area contributed by atoms with E-state index in [-0.39, 0.29) is 28.4 Å². The smallest absolute Gasteiger partial charge is 0.438 e. The van der Waals surface area contributed by atoms with Crippen LogP contribution in [0.2, 0.25) is 0 Å². The van der Waals surface area contributed by atoms with Gasteiger partial charge in [0.15, 0.2) is 0 Å². The summed E-state index contributed by atoms with van der Waals surface area (Å²) in [6, 6.07) is 10.9. The maximum Gasteiger partial charge on any atom is 0.508 e. The predicted molar refractivity (Wildman–Crippen MR) is 134 cm³/mol. The summed E-state index contributed by atoms with van der Waals surface area (Å²) in [5.74, 6) is -0.513. The molecule has 0 saturated heterocycles. The summed E-state index contributed by atoms with van der Waals surface area (Å²) in [5.41, 5.74) is 2.99. The van der Waals surface area contributed by atoms with Gasteiger partial charge in [-0.25, -0.2) is 4.79 Å². The first-order chi connectivity index (χ1) is 15.8. The van der Waals surface area contributed by atoms with Gasteiger partial charge >= 0.3 is 6.16 Å². The van der Waals surface area contributed by atoms with Crippen LogP contribution in [0, 0.1) is 0 Å². The molecule has 0 unspecified atom stereocenters. The number of pyridine rings is 1. The van der Waals surface area contributed by atoms with Crippen LogP contribution in [0.4, 0.5) is 10.5 Å². The van der Waals surface area contributed by atoms with Gasteiger partial charge in [0.25, 0.3) is 5.91 Å². The zero-order chi connectivity index (χ0) is 25.3. The third-order valence-corrected chi connectivity index (χ3v) is 5.65. The number of fused-ring (bicyclic) bond motifs is 1. The number of amides is 1. The lowest BCUT2D eigenvalue weighted by Crippen LogP contribution is -2.25. The van der Waals surface area contributed by atoms with Gasteiger partial charge in [-0.05, 0) is 45.7 Å². The molecule has 7 heteroatoms. The van der Waals surface area contributed by atoms with Crippen LogP contribution >= 0.6 is 0 Å². The summed E-state index contributed by atoms with van der Waals surface area (Å²) in [6.07, 6.45) is 0.648. The molecule has 7 nitrogen and oxygen atoms in total. The lowest BCUT2D eigenvalue weighted by Gasteiger charge is -2.30. The number of aromatic nitrogens is 1. The molecular formula is C27H32N2O5. The van der Waals surface area contributed by atoms with Crippen molar-refractivity contribution in [2.75, 3.05) is 12.4 Å². The lowest BCUT2D eigenvalue weighted by atomic mass is 9.77. The van der Waals surface area contributed by atoms with Gasteiger partial charge in [0.1, 0.15) is 12.2 Å². The highest BCUT2D eigenvalue weighted by atomic mass is 16.7. The minimum absolute atomic E-state index is 0.0108. The van der Waals surface area contributed by atoms with E-state index in [1.165, 1.54) is 13.3 Å². The molecule has 180 valence electrons. The fourth-order valence-electron chi connectivity index (χ4n) is 3.91. The van der Waals surface area contributed by atoms with Crippen LogP contribution in [0.15, 0.2) is 47.4 Å². The van der Waals surface area contributed by atoms with E-state index in [2.05, 4.69) is 56.6 Å². The van der Waals surface area contributed by atoms with E-state index in [1.54, 1.807) is 18.2 Å². The molecule has 0 radical (unpaired) electrons. The van der Waals surface area contributed by atoms with E-state index in [0.717, 1.165) is 16.7 Å². The second kappa shape index (κ2) is 9.33. The number of hydrogen-bond acceptors (Lipinski definition) is 5. The van der Waals surface area contributed by atoms with Crippen LogP contribution in [0.1, 0.15) is 68.6 Å². The van der Waals surface area contributed by atoms with E-state index in [4.69, 9.17) is 4.74 Å². The van der Waals surface area contributed by atoms with Crippen LogP contribution < -0.4 is 10.7 Å². The summed E-state index contributed by atoms with van der Waals surface area (Å²) in [4.78, 5) is 40.8. The van der Waals surface area contributed by atoms with Crippen LogP contribution in [-0.4, -0.2) is 24.2 Å². The largest absolute Gasteiger partial charge is 0.508 e. The molecule has 0 atom stereocenters. The maximum atomic E-state index is 13.2. The summed E-state index contributed by atoms with van der Waals surface area (Å²) >= 11 is 0. The molecule has 0 aliphatic heterocycles. The molecule has 3 aromatic rings. The van der Waals surface area contributed by atoms with E-state index in [9.17, 15) is 14.4 Å². The Kier molecular flexibility index (Phi) is 6.87. The highest BCUT2D eigenvalue weighted by molar-refractivity contribution is 6.06. The van der Waals surface area contributed by atoms with Crippen molar-refractivity contribution in [3.8, 4) is 0 Å². The number of H-pyrrole nitrogens is 1. The molecule has 0 fully saturated rings. The zero-order valence-electron chi connectivity index (χ0n) is 20.8. The summed E-state index contributed by atoms with van der Waals surface area (Å²) in [6.45, 7) is 12.4. The Balaban J connectivity index is 2.10. The number of rotatable bonds is 4. The topological polar surface area (TPSA) is 97.5 Å². The van der Waals surface area contributed by atoms with Gasteiger partial charge in [-0.2, -0.15) is 0 Å². The van der Waals surface area contributed by atoms with Crippen LogP contribution in [0.25, 0.3) is 10.9 Å². The predicted octanol–water partition coefficient (Wildman–Crippen LogP) is 5.66. The van der Waals surface area contributed by atoms with Crippen molar-refractivity contribution in [2.45, 2.75) is 59.0 Å². The average molecular weight is 465 g/mol. The highest BCUT2D eigenvalue weighted by Gasteiger charge is 2.27. The molecule has 1 heterocycles. The van der Waals surface area contributed by atoms with Crippen molar-refractivity contribution in [1.82, 2.24) is 4.98 Å². The van der Waals surface area contributed by atoms with Crippen molar-refractivity contribution in [1.29, 1.82) is 0 Å². The Morgan fingerprint density at radius 3 is 2.24 bits per heavy atom. The van der Waals surface area contributed by atoms with Crippen LogP contribution in [0.3, 0.4) is 0 Å². The zero-order valence-corrected chi connectivity index (χ0v) is 20.8. The van der Waals surface area contributed by atoms with E-state index >= 15 is 0 Å². The SMILES string of the molecule is COC(=O)OCc1cc(NC(=O)c2c[nH]c3ccccc3c2=O)c(C(C)(C)C)cc1C(C)(C)C. The third kappa shape index (κ3) is 5.30. The van der Waals surface area contributed by atoms with Gasteiger partial charge in [-0.3, -0.25) is 9.59 Å². The number of anilines is 1. The van der Waals surface area contributed by atoms with Gasteiger partial charge in [-0.15, -0.1) is 0 Å². The van der Waals surface area contributed by atoms with Crippen LogP contribution in [-0.2, 0) is 26.9 Å². The average Bonchev–Trinajstić information content (AvgIpc) is 2.76. The number of para-hydroxylation sites is 1. The Morgan fingerprint density at radius 1 is 0.971 bits per heavy atom. The summed E-state index contributed by atoms with van der Waals surface area (Å²) < 4.78 is 9.83. The first-order valence-electron chi connectivity index (χ1n) is 11.1. The number of carbonyl (C=O) groups is 2. The number of benzene rings is 2. The van der Waals surface area contributed by atoms with Gasteiger partial charge in [-0.1, -0.05) is 59.7 Å². The van der Waals surface area contributed by atoms with Crippen LogP contribution in [0.5, 0.6) is 0 Å². The maximum absolute atomic E-state index is 13.2. The van der Waals surface area contributed by atoms with E-state index in [0.29, 0.717) is 16.6 Å². The fourth-order valence-corrected chi connectivity index (χ4v) is 3.91. The number of aromatic amines is 1. The molecule has 2 aromatic carbocycles. The number of methoxy groups -OCH3 is 1. The van der Waals surface area contributed by atoms with Crippen molar-refractivity contribution >= 4 is 28.7 Å². The van der Waals surface area contributed by atoms with E-state index in [1.807, 2.05) is 18.2 Å². The first-order valence-corrected chi connectivity index (χ1v) is 11.1. The second-order valence-corrected chi connectivity index (χ2v) is 10.3. The summed E-state index contributed by atoms with van der Waals surface area (Å²) in [5, 5.41) is 3.37. The molecular weight excluding hydrogens is 432 g/mol. The number of hydrogen-bond donors (Lipinski definition) is 2. The van der Waals surface area contributed by atoms with Gasteiger partial charge in [0.2, 0.25) is 5.43 Å².